The topological polar surface area (TPSA) is 61.8 Å². The van der Waals surface area contributed by atoms with E-state index in [1.807, 2.05) is 5.38 Å². The van der Waals surface area contributed by atoms with Gasteiger partial charge in [-0.15, -0.1) is 11.3 Å². The van der Waals surface area contributed by atoms with E-state index < -0.39 is 5.97 Å². The van der Waals surface area contributed by atoms with Gasteiger partial charge in [-0.05, 0) is 41.8 Å². The Bertz CT molecular complexity index is 1010. The van der Waals surface area contributed by atoms with Crippen LogP contribution in [0, 0.1) is 0 Å². The third kappa shape index (κ3) is 4.47. The number of hydrogen-bond donors (Lipinski definition) is 0. The molecule has 0 amide bonds. The Balaban J connectivity index is 1.81. The molecule has 6 heteroatoms. The van der Waals surface area contributed by atoms with Crippen molar-refractivity contribution in [3.8, 4) is 17.2 Å². The van der Waals surface area contributed by atoms with Gasteiger partial charge in [0.05, 0.1) is 19.8 Å². The van der Waals surface area contributed by atoms with Crippen molar-refractivity contribution in [3.63, 3.8) is 0 Å². The smallest absolute Gasteiger partial charge is 0.353 e. The minimum Gasteiger partial charge on any atom is -0.497 e. The Hall–Kier alpha value is -3.38. The molecule has 0 atom stereocenters. The fraction of sp³-hybridized carbons (Fsp3) is 0.0909. The number of hydrogen-bond acceptors (Lipinski definition) is 6. The third-order valence-electron chi connectivity index (χ3n) is 3.93. The molecule has 0 aliphatic carbocycles. The van der Waals surface area contributed by atoms with E-state index in [9.17, 15) is 9.59 Å². The number of ether oxygens (including phenoxy) is 3. The molecule has 0 bridgehead atoms. The number of thiophene rings is 1. The Labute approximate surface area is 166 Å². The lowest BCUT2D eigenvalue weighted by molar-refractivity contribution is 0.0739. The second kappa shape index (κ2) is 9.01. The lowest BCUT2D eigenvalue weighted by atomic mass is 10.1. The molecule has 3 rings (SSSR count). The molecule has 0 saturated carbocycles. The van der Waals surface area contributed by atoms with Gasteiger partial charge in [-0.1, -0.05) is 24.3 Å². The molecule has 0 fully saturated rings. The van der Waals surface area contributed by atoms with Gasteiger partial charge in [-0.3, -0.25) is 4.79 Å². The number of allylic oxidation sites excluding steroid dienone is 1. The molecule has 0 saturated heterocycles. The summed E-state index contributed by atoms with van der Waals surface area (Å²) in [6.45, 7) is 0. The lowest BCUT2D eigenvalue weighted by Gasteiger charge is -2.08. The van der Waals surface area contributed by atoms with E-state index in [4.69, 9.17) is 14.2 Å². The summed E-state index contributed by atoms with van der Waals surface area (Å²) in [6, 6.07) is 15.5. The molecule has 28 heavy (non-hydrogen) atoms. The van der Waals surface area contributed by atoms with Gasteiger partial charge < -0.3 is 14.2 Å². The van der Waals surface area contributed by atoms with Crippen LogP contribution in [0.2, 0.25) is 0 Å². The Morgan fingerprint density at radius 3 is 2.46 bits per heavy atom. The number of carbonyl (C=O) groups is 2. The Morgan fingerprint density at radius 2 is 1.75 bits per heavy atom. The number of esters is 1. The highest BCUT2D eigenvalue weighted by molar-refractivity contribution is 7.12. The van der Waals surface area contributed by atoms with Gasteiger partial charge in [0.15, 0.2) is 5.78 Å². The van der Waals surface area contributed by atoms with Crippen molar-refractivity contribution in [2.75, 3.05) is 14.2 Å². The molecule has 1 heterocycles. The summed E-state index contributed by atoms with van der Waals surface area (Å²) in [5.74, 6) is 0.735. The molecule has 0 aliphatic heterocycles. The molecule has 0 unspecified atom stereocenters. The van der Waals surface area contributed by atoms with Gasteiger partial charge >= 0.3 is 5.97 Å². The number of methoxy groups -OCH3 is 2. The highest BCUT2D eigenvalue weighted by atomic mass is 32.1. The van der Waals surface area contributed by atoms with Crippen molar-refractivity contribution >= 4 is 29.2 Å². The average molecular weight is 394 g/mol. The predicted molar refractivity (Wildman–Crippen MR) is 109 cm³/mol. The molecular weight excluding hydrogens is 376 g/mol. The predicted octanol–water partition coefficient (Wildman–Crippen LogP) is 4.88. The molecule has 142 valence electrons. The fourth-order valence-electron chi connectivity index (χ4n) is 2.51. The summed E-state index contributed by atoms with van der Waals surface area (Å²) in [5, 5.41) is 1.81. The summed E-state index contributed by atoms with van der Waals surface area (Å²) < 4.78 is 15.9. The first-order valence-electron chi connectivity index (χ1n) is 8.41. The molecule has 5 nitrogen and oxygen atoms in total. The highest BCUT2D eigenvalue weighted by Crippen LogP contribution is 2.26. The molecule has 0 N–H and O–H groups in total. The van der Waals surface area contributed by atoms with Gasteiger partial charge in [-0.2, -0.15) is 0 Å². The van der Waals surface area contributed by atoms with Crippen LogP contribution in [0.25, 0.3) is 6.08 Å². The van der Waals surface area contributed by atoms with Gasteiger partial charge in [0.1, 0.15) is 22.1 Å². The van der Waals surface area contributed by atoms with Crippen LogP contribution in [0.4, 0.5) is 0 Å². The van der Waals surface area contributed by atoms with E-state index in [-0.39, 0.29) is 5.78 Å². The van der Waals surface area contributed by atoms with Crippen LogP contribution in [-0.4, -0.2) is 26.0 Å². The molecule has 0 spiro atoms. The maximum Gasteiger partial charge on any atom is 0.353 e. The van der Waals surface area contributed by atoms with Crippen molar-refractivity contribution < 1.29 is 23.8 Å². The summed E-state index contributed by atoms with van der Waals surface area (Å²) in [7, 11) is 3.04. The van der Waals surface area contributed by atoms with Gasteiger partial charge in [0, 0.05) is 11.6 Å². The Morgan fingerprint density at radius 1 is 0.929 bits per heavy atom. The second-order valence-corrected chi connectivity index (χ2v) is 6.62. The van der Waals surface area contributed by atoms with E-state index >= 15 is 0 Å². The average Bonchev–Trinajstić information content (AvgIpc) is 3.27. The van der Waals surface area contributed by atoms with Crippen LogP contribution in [0.5, 0.6) is 17.2 Å². The summed E-state index contributed by atoms with van der Waals surface area (Å²) in [6.07, 6.45) is 3.03. The van der Waals surface area contributed by atoms with Crippen molar-refractivity contribution in [3.05, 3.63) is 82.1 Å². The zero-order valence-electron chi connectivity index (χ0n) is 15.4. The van der Waals surface area contributed by atoms with E-state index in [2.05, 4.69) is 0 Å². The summed E-state index contributed by atoms with van der Waals surface area (Å²) in [4.78, 5) is 25.3. The number of rotatable bonds is 7. The standard InChI is InChI=1S/C22H18O5S/c1-25-16-10-11-17(20(14-16)26-2)18(23)12-9-15-6-3-4-7-19(15)27-22(24)21-8-5-13-28-21/h3-14H,1-2H3/b12-9+. The minimum absolute atomic E-state index is 0.237. The number of para-hydroxylation sites is 1. The van der Waals surface area contributed by atoms with Crippen LogP contribution in [0.1, 0.15) is 25.6 Å². The zero-order chi connectivity index (χ0) is 19.9. The third-order valence-corrected chi connectivity index (χ3v) is 4.78. The van der Waals surface area contributed by atoms with E-state index in [1.165, 1.54) is 24.5 Å². The normalized spacial score (nSPS) is 10.6. The molecular formula is C22H18O5S. The van der Waals surface area contributed by atoms with Crippen LogP contribution in [0.15, 0.2) is 66.1 Å². The van der Waals surface area contributed by atoms with Crippen molar-refractivity contribution in [2.45, 2.75) is 0 Å². The van der Waals surface area contributed by atoms with Gasteiger partial charge in [0.25, 0.3) is 0 Å². The quantitative estimate of drug-likeness (QED) is 0.247. The highest BCUT2D eigenvalue weighted by Gasteiger charge is 2.13. The van der Waals surface area contributed by atoms with Crippen LogP contribution in [-0.2, 0) is 0 Å². The van der Waals surface area contributed by atoms with Crippen LogP contribution < -0.4 is 14.2 Å². The zero-order valence-corrected chi connectivity index (χ0v) is 16.2. The minimum atomic E-state index is -0.431. The van der Waals surface area contributed by atoms with E-state index in [1.54, 1.807) is 67.8 Å². The number of carbonyl (C=O) groups excluding carboxylic acids is 2. The van der Waals surface area contributed by atoms with Crippen molar-refractivity contribution in [1.82, 2.24) is 0 Å². The van der Waals surface area contributed by atoms with E-state index in [0.29, 0.717) is 33.3 Å². The van der Waals surface area contributed by atoms with Gasteiger partial charge in [-0.25, -0.2) is 4.79 Å². The molecule has 3 aromatic rings. The monoisotopic (exact) mass is 394 g/mol. The SMILES string of the molecule is COc1ccc(C(=O)/C=C/c2ccccc2OC(=O)c2cccs2)c(OC)c1. The largest absolute Gasteiger partial charge is 0.497 e. The molecule has 0 radical (unpaired) electrons. The first-order valence-corrected chi connectivity index (χ1v) is 9.29. The van der Waals surface area contributed by atoms with Gasteiger partial charge in [0.2, 0.25) is 0 Å². The van der Waals surface area contributed by atoms with Crippen molar-refractivity contribution in [1.29, 1.82) is 0 Å². The molecule has 1 aromatic heterocycles. The maximum atomic E-state index is 12.6. The number of benzene rings is 2. The van der Waals surface area contributed by atoms with Crippen LogP contribution in [0.3, 0.4) is 0 Å². The first kappa shape index (κ1) is 19.4. The first-order chi connectivity index (χ1) is 13.6. The lowest BCUT2D eigenvalue weighted by Crippen LogP contribution is -2.07. The second-order valence-electron chi connectivity index (χ2n) is 5.67. The Kier molecular flexibility index (Phi) is 6.24. The van der Waals surface area contributed by atoms with Crippen molar-refractivity contribution in [2.24, 2.45) is 0 Å². The molecule has 0 aliphatic rings. The fourth-order valence-corrected chi connectivity index (χ4v) is 3.11. The number of ketones is 1. The van der Waals surface area contributed by atoms with E-state index in [0.717, 1.165) is 0 Å². The molecule has 2 aromatic carbocycles. The summed E-state index contributed by atoms with van der Waals surface area (Å²) >= 11 is 1.31. The van der Waals surface area contributed by atoms with Crippen LogP contribution >= 0.6 is 11.3 Å². The summed E-state index contributed by atoms with van der Waals surface area (Å²) in [5.41, 5.74) is 1.03. The maximum absolute atomic E-state index is 12.6.